The quantitative estimate of drug-likeness (QED) is 0.341. The van der Waals surface area contributed by atoms with Gasteiger partial charge in [-0.1, -0.05) is 25.3 Å². The van der Waals surface area contributed by atoms with Crippen LogP contribution in [0.5, 0.6) is 0 Å². The van der Waals surface area contributed by atoms with Gasteiger partial charge >= 0.3 is 5.97 Å². The maximum atomic E-state index is 11.3. The molecular weight excluding hydrogens is 266 g/mol. The van der Waals surface area contributed by atoms with Gasteiger partial charge in [-0.3, -0.25) is 4.79 Å². The summed E-state index contributed by atoms with van der Waals surface area (Å²) in [6.07, 6.45) is 4.83. The van der Waals surface area contributed by atoms with Crippen LogP contribution in [-0.4, -0.2) is 55.5 Å². The van der Waals surface area contributed by atoms with E-state index in [2.05, 4.69) is 34.6 Å². The number of hydrogen-bond donors (Lipinski definition) is 1. The molecule has 0 aliphatic heterocycles. The molecule has 124 valence electrons. The highest BCUT2D eigenvalue weighted by atomic mass is 16.5. The fourth-order valence-corrected chi connectivity index (χ4v) is 2.61. The molecule has 1 N–H and O–H groups in total. The van der Waals surface area contributed by atoms with Crippen molar-refractivity contribution in [1.29, 1.82) is 0 Å². The molecule has 0 aliphatic carbocycles. The van der Waals surface area contributed by atoms with Crippen LogP contribution in [0.1, 0.15) is 52.4 Å². The predicted molar refractivity (Wildman–Crippen MR) is 87.4 cm³/mol. The Morgan fingerprint density at radius 2 is 1.90 bits per heavy atom. The van der Waals surface area contributed by atoms with E-state index < -0.39 is 11.6 Å². The van der Waals surface area contributed by atoms with Gasteiger partial charge in [-0.2, -0.15) is 0 Å². The van der Waals surface area contributed by atoms with E-state index in [1.807, 2.05) is 6.92 Å². The highest BCUT2D eigenvalue weighted by molar-refractivity contribution is 5.68. The number of ether oxygens (including phenoxy) is 1. The molecule has 0 bridgehead atoms. The minimum atomic E-state index is -0.791. The second-order valence-corrected chi connectivity index (χ2v) is 7.21. The average Bonchev–Trinajstić information content (AvgIpc) is 2.29. The fraction of sp³-hybridized carbons (Fsp3) is 0.824. The van der Waals surface area contributed by atoms with Crippen molar-refractivity contribution in [2.75, 3.05) is 34.3 Å². The van der Waals surface area contributed by atoms with Crippen LogP contribution in [0.25, 0.3) is 0 Å². The zero-order valence-corrected chi connectivity index (χ0v) is 14.6. The van der Waals surface area contributed by atoms with Crippen LogP contribution in [0.2, 0.25) is 0 Å². The summed E-state index contributed by atoms with van der Waals surface area (Å²) >= 11 is 0. The van der Waals surface area contributed by atoms with E-state index in [0.717, 1.165) is 37.7 Å². The Morgan fingerprint density at radius 1 is 1.29 bits per heavy atom. The first-order chi connectivity index (χ1) is 9.60. The number of carbonyl (C=O) groups is 1. The zero-order chi connectivity index (χ0) is 16.5. The molecule has 0 fully saturated rings. The van der Waals surface area contributed by atoms with Crippen molar-refractivity contribution in [3.05, 3.63) is 12.2 Å². The van der Waals surface area contributed by atoms with Gasteiger partial charge in [-0.05, 0) is 26.2 Å². The van der Waals surface area contributed by atoms with Crippen molar-refractivity contribution >= 4 is 5.97 Å². The lowest BCUT2D eigenvalue weighted by molar-refractivity contribution is -0.877. The van der Waals surface area contributed by atoms with E-state index in [1.54, 1.807) is 0 Å². The van der Waals surface area contributed by atoms with Gasteiger partial charge in [0.15, 0.2) is 0 Å². The van der Waals surface area contributed by atoms with Crippen molar-refractivity contribution in [1.82, 2.24) is 0 Å². The molecule has 0 spiro atoms. The predicted octanol–water partition coefficient (Wildman–Crippen LogP) is 3.47. The molecule has 0 aromatic heterocycles. The van der Waals surface area contributed by atoms with E-state index in [0.29, 0.717) is 17.6 Å². The van der Waals surface area contributed by atoms with Crippen molar-refractivity contribution in [2.24, 2.45) is 0 Å². The van der Waals surface area contributed by atoms with Crippen LogP contribution < -0.4 is 0 Å². The molecule has 4 nitrogen and oxygen atoms in total. The number of carboxylic acid groups (broad SMARTS) is 1. The molecule has 1 unspecified atom stereocenters. The van der Waals surface area contributed by atoms with Gasteiger partial charge in [0.05, 0.1) is 27.6 Å². The van der Waals surface area contributed by atoms with E-state index in [4.69, 9.17) is 4.74 Å². The molecule has 0 rings (SSSR count). The third-order valence-electron chi connectivity index (χ3n) is 3.40. The van der Waals surface area contributed by atoms with Gasteiger partial charge in [0.2, 0.25) is 0 Å². The van der Waals surface area contributed by atoms with E-state index >= 15 is 0 Å². The molecule has 0 aliphatic rings. The molecular formula is C17H34NO3+. The van der Waals surface area contributed by atoms with E-state index in [9.17, 15) is 9.90 Å². The molecule has 0 saturated heterocycles. The van der Waals surface area contributed by atoms with Gasteiger partial charge in [0.1, 0.15) is 12.1 Å². The number of quaternary nitrogens is 1. The summed E-state index contributed by atoms with van der Waals surface area (Å²) in [7, 11) is 6.23. The summed E-state index contributed by atoms with van der Waals surface area (Å²) in [6.45, 7) is 9.40. The largest absolute Gasteiger partial charge is 0.481 e. The van der Waals surface area contributed by atoms with Crippen LogP contribution in [-0.2, 0) is 9.53 Å². The van der Waals surface area contributed by atoms with Gasteiger partial charge in [-0.15, -0.1) is 6.58 Å². The number of nitrogens with zero attached hydrogens (tertiary/aromatic N) is 1. The van der Waals surface area contributed by atoms with Crippen molar-refractivity contribution in [3.63, 3.8) is 0 Å². The summed E-state index contributed by atoms with van der Waals surface area (Å²) in [5.41, 5.74) is 0.472. The molecule has 0 saturated carbocycles. The lowest BCUT2D eigenvalue weighted by Crippen LogP contribution is -2.52. The molecule has 0 heterocycles. The van der Waals surface area contributed by atoms with E-state index in [1.165, 1.54) is 0 Å². The summed E-state index contributed by atoms with van der Waals surface area (Å²) in [4.78, 5) is 11.3. The van der Waals surface area contributed by atoms with Crippen molar-refractivity contribution in [3.8, 4) is 0 Å². The first kappa shape index (κ1) is 20.1. The SMILES string of the molecule is C=C(C)CCC(CC(=O)O)(C[N+](C)(C)C)OCCCCC. The van der Waals surface area contributed by atoms with Crippen molar-refractivity contribution in [2.45, 2.75) is 58.0 Å². The smallest absolute Gasteiger partial charge is 0.306 e. The fourth-order valence-electron chi connectivity index (χ4n) is 2.61. The topological polar surface area (TPSA) is 46.5 Å². The molecule has 21 heavy (non-hydrogen) atoms. The van der Waals surface area contributed by atoms with Gasteiger partial charge in [0.25, 0.3) is 0 Å². The minimum Gasteiger partial charge on any atom is -0.481 e. The molecule has 0 amide bonds. The van der Waals surface area contributed by atoms with Gasteiger partial charge in [-0.25, -0.2) is 0 Å². The average molecular weight is 300 g/mol. The summed E-state index contributed by atoms with van der Waals surface area (Å²) in [5.74, 6) is -0.791. The summed E-state index contributed by atoms with van der Waals surface area (Å²) in [6, 6.07) is 0. The number of aliphatic carboxylic acids is 1. The monoisotopic (exact) mass is 300 g/mol. The maximum Gasteiger partial charge on any atom is 0.306 e. The normalized spacial score (nSPS) is 14.7. The molecule has 1 atom stereocenters. The van der Waals surface area contributed by atoms with E-state index in [-0.39, 0.29) is 6.42 Å². The van der Waals surface area contributed by atoms with Crippen LogP contribution in [0.15, 0.2) is 12.2 Å². The number of likely N-dealkylation sites (N-methyl/N-ethyl adjacent to an activating group) is 1. The first-order valence-electron chi connectivity index (χ1n) is 7.91. The van der Waals surface area contributed by atoms with Crippen molar-refractivity contribution < 1.29 is 19.1 Å². The first-order valence-corrected chi connectivity index (χ1v) is 7.91. The highest BCUT2D eigenvalue weighted by Crippen LogP contribution is 2.27. The Balaban J connectivity index is 4.98. The molecule has 0 aromatic carbocycles. The third kappa shape index (κ3) is 10.5. The van der Waals surface area contributed by atoms with Gasteiger partial charge < -0.3 is 14.3 Å². The summed E-state index contributed by atoms with van der Waals surface area (Å²) < 4.78 is 6.82. The number of allylic oxidation sites excluding steroid dienone is 1. The number of carboxylic acids is 1. The van der Waals surface area contributed by atoms with Crippen LogP contribution >= 0.6 is 0 Å². The Hall–Kier alpha value is -0.870. The Labute approximate surface area is 130 Å². The van der Waals surface area contributed by atoms with Crippen LogP contribution in [0, 0.1) is 0 Å². The standard InChI is InChI=1S/C17H33NO3/c1-7-8-9-12-21-17(13-16(19)20,11-10-15(2)3)14-18(4,5)6/h2,7-14H2,1,3-6H3/p+1. The van der Waals surface area contributed by atoms with Gasteiger partial charge in [0, 0.05) is 6.61 Å². The highest BCUT2D eigenvalue weighted by Gasteiger charge is 2.38. The molecule has 0 radical (unpaired) electrons. The lowest BCUT2D eigenvalue weighted by Gasteiger charge is -2.38. The zero-order valence-electron chi connectivity index (χ0n) is 14.6. The third-order valence-corrected chi connectivity index (χ3v) is 3.40. The molecule has 4 heteroatoms. The molecule has 0 aromatic rings. The number of hydrogen-bond acceptors (Lipinski definition) is 2. The lowest BCUT2D eigenvalue weighted by atomic mass is 9.90. The number of unbranched alkanes of at least 4 members (excludes halogenated alkanes) is 2. The van der Waals surface area contributed by atoms with Crippen LogP contribution in [0.3, 0.4) is 0 Å². The Morgan fingerprint density at radius 3 is 2.33 bits per heavy atom. The second kappa shape index (κ2) is 9.21. The number of rotatable bonds is 12. The Bertz CT molecular complexity index is 333. The summed E-state index contributed by atoms with van der Waals surface area (Å²) in [5, 5.41) is 9.30. The minimum absolute atomic E-state index is 0.0575. The maximum absolute atomic E-state index is 11.3. The van der Waals surface area contributed by atoms with Crippen LogP contribution in [0.4, 0.5) is 0 Å². The Kier molecular flexibility index (Phi) is 8.83. The second-order valence-electron chi connectivity index (χ2n) is 7.21.